The molecule has 1 fully saturated rings. The van der Waals surface area contributed by atoms with Gasteiger partial charge in [-0.2, -0.15) is 21.6 Å². The zero-order chi connectivity index (χ0) is 25.0. The van der Waals surface area contributed by atoms with Crippen LogP contribution in [0, 0.1) is 0 Å². The summed E-state index contributed by atoms with van der Waals surface area (Å²) in [6, 6.07) is 2.30. The van der Waals surface area contributed by atoms with Crippen molar-refractivity contribution in [2.24, 2.45) is 10.7 Å². The summed E-state index contributed by atoms with van der Waals surface area (Å²) in [4.78, 5) is 15.5. The Morgan fingerprint density at radius 2 is 2.00 bits per heavy atom. The number of sulfonamides is 1. The van der Waals surface area contributed by atoms with E-state index in [9.17, 15) is 26.4 Å². The Morgan fingerprint density at radius 3 is 2.55 bits per heavy atom. The summed E-state index contributed by atoms with van der Waals surface area (Å²) < 4.78 is 72.0. The number of alkyl halides is 3. The number of nitrogens with one attached hydrogen (secondary N) is 1. The molecule has 0 heterocycles. The first-order chi connectivity index (χ1) is 15.3. The SMILES string of the molecule is CCOC(=O)CN=C1CCCC([NH+](C)S(=O)(=O)c2cc(C(C)C)cc(C(F)(F)F)c2)C1=CN. The topological polar surface area (TPSA) is 103 Å². The number of rotatable bonds is 7. The second kappa shape index (κ2) is 10.7. The molecule has 0 saturated heterocycles. The molecule has 1 aliphatic carbocycles. The molecule has 7 nitrogen and oxygen atoms in total. The normalized spacial score (nSPS) is 20.9. The first-order valence-electron chi connectivity index (χ1n) is 10.7. The van der Waals surface area contributed by atoms with E-state index in [1.165, 1.54) is 19.3 Å². The summed E-state index contributed by atoms with van der Waals surface area (Å²) in [6.45, 7) is 5.07. The molecule has 1 aliphatic rings. The van der Waals surface area contributed by atoms with E-state index in [1.54, 1.807) is 20.8 Å². The van der Waals surface area contributed by atoms with Crippen molar-refractivity contribution in [3.63, 3.8) is 0 Å². The Kier molecular flexibility index (Phi) is 8.69. The van der Waals surface area contributed by atoms with Crippen LogP contribution in [0.15, 0.2) is 39.9 Å². The van der Waals surface area contributed by atoms with E-state index >= 15 is 0 Å². The van der Waals surface area contributed by atoms with Gasteiger partial charge in [-0.25, -0.2) is 4.31 Å². The Balaban J connectivity index is 2.44. The van der Waals surface area contributed by atoms with Gasteiger partial charge in [0.1, 0.15) is 17.5 Å². The number of halogens is 3. The third kappa shape index (κ3) is 6.35. The first-order valence-corrected chi connectivity index (χ1v) is 12.2. The zero-order valence-electron chi connectivity index (χ0n) is 19.2. The molecule has 0 aliphatic heterocycles. The molecule has 1 saturated carbocycles. The molecule has 0 amide bonds. The molecule has 1 aromatic carbocycles. The lowest BCUT2D eigenvalue weighted by atomic mass is 9.88. The van der Waals surface area contributed by atoms with Gasteiger partial charge in [-0.15, -0.1) is 0 Å². The molecule has 0 spiro atoms. The van der Waals surface area contributed by atoms with E-state index < -0.39 is 38.7 Å². The van der Waals surface area contributed by atoms with E-state index in [2.05, 4.69) is 4.99 Å². The molecule has 11 heteroatoms. The number of esters is 1. The fourth-order valence-electron chi connectivity index (χ4n) is 3.79. The van der Waals surface area contributed by atoms with Crippen molar-refractivity contribution in [2.45, 2.75) is 63.1 Å². The number of carbonyl (C=O) groups is 1. The molecule has 0 aromatic heterocycles. The van der Waals surface area contributed by atoms with E-state index in [1.807, 2.05) is 0 Å². The van der Waals surface area contributed by atoms with E-state index in [0.717, 1.165) is 6.07 Å². The number of carbonyl (C=O) groups excluding carboxylic acids is 1. The predicted octanol–water partition coefficient (Wildman–Crippen LogP) is 2.43. The molecule has 1 aromatic rings. The van der Waals surface area contributed by atoms with Crippen molar-refractivity contribution in [3.8, 4) is 0 Å². The fraction of sp³-hybridized carbons (Fsp3) is 0.545. The van der Waals surface area contributed by atoms with Crippen molar-refractivity contribution in [2.75, 3.05) is 20.2 Å². The van der Waals surface area contributed by atoms with Crippen LogP contribution < -0.4 is 10.0 Å². The Hall–Kier alpha value is -2.40. The Bertz CT molecular complexity index is 1030. The lowest BCUT2D eigenvalue weighted by Crippen LogP contribution is -3.15. The maximum atomic E-state index is 13.4. The predicted molar refractivity (Wildman–Crippen MR) is 118 cm³/mol. The molecule has 2 atom stereocenters. The number of hydrogen-bond acceptors (Lipinski definition) is 6. The Morgan fingerprint density at radius 1 is 1.33 bits per heavy atom. The molecule has 0 radical (unpaired) electrons. The molecular weight excluding hydrogens is 459 g/mol. The van der Waals surface area contributed by atoms with E-state index in [-0.39, 0.29) is 28.9 Å². The lowest BCUT2D eigenvalue weighted by molar-refractivity contribution is -0.768. The van der Waals surface area contributed by atoms with Crippen LogP contribution in [0.25, 0.3) is 0 Å². The van der Waals surface area contributed by atoms with Gasteiger partial charge in [0.05, 0.1) is 19.2 Å². The van der Waals surface area contributed by atoms with Gasteiger partial charge in [0.15, 0.2) is 0 Å². The van der Waals surface area contributed by atoms with Gasteiger partial charge in [0.2, 0.25) is 0 Å². The maximum absolute atomic E-state index is 13.4. The van der Waals surface area contributed by atoms with Crippen LogP contribution in [0.3, 0.4) is 0 Å². The average molecular weight is 491 g/mol. The van der Waals surface area contributed by atoms with E-state index in [4.69, 9.17) is 10.5 Å². The minimum Gasteiger partial charge on any atom is -0.465 e. The second-order valence-corrected chi connectivity index (χ2v) is 10.3. The van der Waals surface area contributed by atoms with Crippen molar-refractivity contribution in [3.05, 3.63) is 41.1 Å². The van der Waals surface area contributed by atoms with Crippen LogP contribution in [0.4, 0.5) is 13.2 Å². The summed E-state index contributed by atoms with van der Waals surface area (Å²) in [5, 5.41) is 0. The summed E-state index contributed by atoms with van der Waals surface area (Å²) in [5.41, 5.74) is 6.04. The van der Waals surface area contributed by atoms with Crippen molar-refractivity contribution < 1.29 is 35.4 Å². The van der Waals surface area contributed by atoms with Crippen molar-refractivity contribution in [1.29, 1.82) is 0 Å². The number of ether oxygens (including phenoxy) is 1. The zero-order valence-corrected chi connectivity index (χ0v) is 20.0. The quantitative estimate of drug-likeness (QED) is 0.572. The largest absolute Gasteiger partial charge is 0.465 e. The highest BCUT2D eigenvalue weighted by molar-refractivity contribution is 7.85. The van der Waals surface area contributed by atoms with Gasteiger partial charge in [-0.1, -0.05) is 13.8 Å². The van der Waals surface area contributed by atoms with Crippen LogP contribution in [0.2, 0.25) is 0 Å². The van der Waals surface area contributed by atoms with Crippen LogP contribution in [0.1, 0.15) is 57.1 Å². The van der Waals surface area contributed by atoms with Crippen LogP contribution in [-0.2, 0) is 25.7 Å². The fourth-order valence-corrected chi connectivity index (χ4v) is 5.36. The highest BCUT2D eigenvalue weighted by Gasteiger charge is 2.40. The summed E-state index contributed by atoms with van der Waals surface area (Å²) in [5.74, 6) is -0.806. The minimum absolute atomic E-state index is 0.00300. The number of quaternary nitrogens is 1. The van der Waals surface area contributed by atoms with Gasteiger partial charge in [-0.05, 0) is 49.4 Å². The Labute approximate surface area is 192 Å². The summed E-state index contributed by atoms with van der Waals surface area (Å²) in [6.07, 6.45) is -1.87. The maximum Gasteiger partial charge on any atom is 0.416 e. The summed E-state index contributed by atoms with van der Waals surface area (Å²) in [7, 11) is -2.81. The molecule has 2 rings (SSSR count). The number of nitrogens with two attached hydrogens (primary N) is 1. The highest BCUT2D eigenvalue weighted by Crippen LogP contribution is 2.33. The van der Waals surface area contributed by atoms with Crippen molar-refractivity contribution in [1.82, 2.24) is 0 Å². The van der Waals surface area contributed by atoms with Crippen LogP contribution in [0.5, 0.6) is 0 Å². The lowest BCUT2D eigenvalue weighted by Gasteiger charge is -2.30. The molecule has 33 heavy (non-hydrogen) atoms. The van der Waals surface area contributed by atoms with E-state index in [0.29, 0.717) is 36.6 Å². The van der Waals surface area contributed by atoms with Gasteiger partial charge in [0, 0.05) is 23.9 Å². The minimum atomic E-state index is -4.68. The molecule has 3 N–H and O–H groups in total. The number of nitrogens with zero attached hydrogens (tertiary/aromatic N) is 1. The molecule has 0 bridgehead atoms. The second-order valence-electron chi connectivity index (χ2n) is 8.19. The van der Waals surface area contributed by atoms with Crippen LogP contribution >= 0.6 is 0 Å². The highest BCUT2D eigenvalue weighted by atomic mass is 32.2. The molecule has 2 unspecified atom stereocenters. The van der Waals surface area contributed by atoms with Crippen LogP contribution in [-0.4, -0.2) is 46.3 Å². The van der Waals surface area contributed by atoms with Gasteiger partial charge in [0.25, 0.3) is 0 Å². The summed E-state index contributed by atoms with van der Waals surface area (Å²) >= 11 is 0. The molecule has 184 valence electrons. The van der Waals surface area contributed by atoms with Crippen molar-refractivity contribution >= 4 is 21.7 Å². The number of hydrogen-bond donors (Lipinski definition) is 2. The third-order valence-corrected chi connectivity index (χ3v) is 7.64. The number of likely N-dealkylation sites (N-methyl/N-ethyl adjacent to an activating group) is 1. The third-order valence-electron chi connectivity index (χ3n) is 5.65. The van der Waals surface area contributed by atoms with Gasteiger partial charge in [-0.3, -0.25) is 9.79 Å². The smallest absolute Gasteiger partial charge is 0.416 e. The van der Waals surface area contributed by atoms with Gasteiger partial charge >= 0.3 is 22.2 Å². The number of benzene rings is 1. The average Bonchev–Trinajstić information content (AvgIpc) is 2.75. The standard InChI is InChI=1S/C22H30F3N3O4S/c1-5-32-21(29)13-27-19-7-6-8-20(18(19)12-26)28(4)33(30,31)17-10-15(14(2)3)9-16(11-17)22(23,24)25/h9-12,14,20H,5-8,13,26H2,1-4H3/p+1. The van der Waals surface area contributed by atoms with Gasteiger partial charge < -0.3 is 10.5 Å². The monoisotopic (exact) mass is 490 g/mol. The molecular formula is C22H31F3N3O4S+. The first kappa shape index (κ1) is 26.8. The number of aliphatic imine (C=N–C) groups is 1.